The average Bonchev–Trinajstić information content (AvgIpc) is 3.30. The Morgan fingerprint density at radius 2 is 1.87 bits per heavy atom. The number of hydrogen-bond acceptors (Lipinski definition) is 3. The van der Waals surface area contributed by atoms with E-state index < -0.39 is 0 Å². The molecule has 2 atom stereocenters. The fraction of sp³-hybridized carbons (Fsp3) is 0.529. The van der Waals surface area contributed by atoms with Gasteiger partial charge in [-0.15, -0.1) is 12.4 Å². The van der Waals surface area contributed by atoms with Crippen LogP contribution in [-0.2, 0) is 4.79 Å². The summed E-state index contributed by atoms with van der Waals surface area (Å²) >= 11 is 0. The second-order valence-electron chi connectivity index (χ2n) is 6.28. The van der Waals surface area contributed by atoms with Gasteiger partial charge >= 0.3 is 0 Å². The summed E-state index contributed by atoms with van der Waals surface area (Å²) in [5.41, 5.74) is 1.44. The number of halogens is 1. The maximum atomic E-state index is 12.5. The van der Waals surface area contributed by atoms with Gasteiger partial charge in [0.05, 0.1) is 0 Å². The molecule has 5 nitrogen and oxygen atoms in total. The highest BCUT2D eigenvalue weighted by molar-refractivity contribution is 5.97. The van der Waals surface area contributed by atoms with Crippen molar-refractivity contribution in [3.63, 3.8) is 0 Å². The maximum Gasteiger partial charge on any atom is 0.253 e. The second-order valence-corrected chi connectivity index (χ2v) is 6.28. The van der Waals surface area contributed by atoms with Crippen molar-refractivity contribution in [3.8, 4) is 0 Å². The van der Waals surface area contributed by atoms with Crippen molar-refractivity contribution in [3.05, 3.63) is 29.8 Å². The van der Waals surface area contributed by atoms with Crippen molar-refractivity contribution >= 4 is 29.9 Å². The minimum absolute atomic E-state index is 0. The number of rotatable bonds is 3. The summed E-state index contributed by atoms with van der Waals surface area (Å²) in [6.07, 6.45) is 1.96. The minimum atomic E-state index is 0. The van der Waals surface area contributed by atoms with Crippen molar-refractivity contribution < 1.29 is 9.59 Å². The van der Waals surface area contributed by atoms with E-state index in [9.17, 15) is 9.59 Å². The third-order valence-electron chi connectivity index (χ3n) is 4.47. The van der Waals surface area contributed by atoms with E-state index in [-0.39, 0.29) is 30.1 Å². The highest BCUT2D eigenvalue weighted by Gasteiger charge is 2.39. The van der Waals surface area contributed by atoms with Crippen LogP contribution < -0.4 is 10.6 Å². The van der Waals surface area contributed by atoms with Gasteiger partial charge in [0, 0.05) is 36.8 Å². The van der Waals surface area contributed by atoms with Gasteiger partial charge in [0.15, 0.2) is 0 Å². The lowest BCUT2D eigenvalue weighted by molar-refractivity contribution is -0.117. The molecule has 0 aromatic heterocycles. The van der Waals surface area contributed by atoms with Crippen LogP contribution in [0.2, 0.25) is 0 Å². The molecule has 0 radical (unpaired) electrons. The van der Waals surface area contributed by atoms with Crippen LogP contribution in [0, 0.1) is 11.8 Å². The zero-order valence-corrected chi connectivity index (χ0v) is 14.2. The first-order chi connectivity index (χ1) is 10.6. The van der Waals surface area contributed by atoms with Gasteiger partial charge < -0.3 is 15.5 Å². The van der Waals surface area contributed by atoms with Crippen LogP contribution in [0.25, 0.3) is 0 Å². The van der Waals surface area contributed by atoms with E-state index in [0.717, 1.165) is 44.7 Å². The number of nitrogens with zero attached hydrogens (tertiary/aromatic N) is 1. The number of nitrogens with one attached hydrogen (secondary N) is 2. The number of hydrogen-bond donors (Lipinski definition) is 2. The molecule has 0 bridgehead atoms. The third kappa shape index (κ3) is 4.45. The van der Waals surface area contributed by atoms with Gasteiger partial charge in [0.1, 0.15) is 0 Å². The Hall–Kier alpha value is -1.59. The summed E-state index contributed by atoms with van der Waals surface area (Å²) in [5, 5.41) is 6.21. The smallest absolute Gasteiger partial charge is 0.253 e. The SMILES string of the molecule is CC1CC1C(=O)Nc1ccc(C(=O)N2CCCNCC2)cc1.Cl. The molecule has 2 unspecified atom stereocenters. The Morgan fingerprint density at radius 3 is 2.52 bits per heavy atom. The fourth-order valence-corrected chi connectivity index (χ4v) is 2.85. The van der Waals surface area contributed by atoms with E-state index in [1.165, 1.54) is 0 Å². The monoisotopic (exact) mass is 337 g/mol. The highest BCUT2D eigenvalue weighted by atomic mass is 35.5. The lowest BCUT2D eigenvalue weighted by Crippen LogP contribution is -2.34. The topological polar surface area (TPSA) is 61.4 Å². The molecule has 1 aliphatic heterocycles. The normalized spacial score (nSPS) is 23.4. The number of anilines is 1. The van der Waals surface area contributed by atoms with Crippen molar-refractivity contribution in [1.82, 2.24) is 10.2 Å². The fourth-order valence-electron chi connectivity index (χ4n) is 2.85. The number of carbonyl (C=O) groups excluding carboxylic acids is 2. The molecule has 2 amide bonds. The summed E-state index contributed by atoms with van der Waals surface area (Å²) in [6.45, 7) is 5.44. The van der Waals surface area contributed by atoms with E-state index in [0.29, 0.717) is 11.5 Å². The van der Waals surface area contributed by atoms with Crippen molar-refractivity contribution in [1.29, 1.82) is 0 Å². The Morgan fingerprint density at radius 1 is 1.17 bits per heavy atom. The number of amides is 2. The summed E-state index contributed by atoms with van der Waals surface area (Å²) in [5.74, 6) is 0.811. The summed E-state index contributed by atoms with van der Waals surface area (Å²) in [6, 6.07) is 7.22. The van der Waals surface area contributed by atoms with E-state index >= 15 is 0 Å². The minimum Gasteiger partial charge on any atom is -0.337 e. The van der Waals surface area contributed by atoms with Gasteiger partial charge in [0.2, 0.25) is 5.91 Å². The molecule has 3 rings (SSSR count). The van der Waals surface area contributed by atoms with E-state index in [2.05, 4.69) is 17.6 Å². The molecule has 1 saturated carbocycles. The number of benzene rings is 1. The molecule has 1 aromatic rings. The van der Waals surface area contributed by atoms with Crippen LogP contribution in [0.5, 0.6) is 0 Å². The Kier molecular flexibility index (Phi) is 6.02. The van der Waals surface area contributed by atoms with Gasteiger partial charge in [-0.05, 0) is 49.6 Å². The largest absolute Gasteiger partial charge is 0.337 e. The molecule has 126 valence electrons. The first-order valence-electron chi connectivity index (χ1n) is 8.06. The second kappa shape index (κ2) is 7.79. The van der Waals surface area contributed by atoms with E-state index in [4.69, 9.17) is 0 Å². The van der Waals surface area contributed by atoms with Gasteiger partial charge in [-0.3, -0.25) is 9.59 Å². The van der Waals surface area contributed by atoms with Crippen molar-refractivity contribution in [2.75, 3.05) is 31.5 Å². The molecule has 1 aromatic carbocycles. The number of carbonyl (C=O) groups is 2. The highest BCUT2D eigenvalue weighted by Crippen LogP contribution is 2.38. The molecule has 2 aliphatic rings. The zero-order chi connectivity index (χ0) is 15.5. The molecule has 23 heavy (non-hydrogen) atoms. The van der Waals surface area contributed by atoms with Gasteiger partial charge in [-0.2, -0.15) is 0 Å². The average molecular weight is 338 g/mol. The standard InChI is InChI=1S/C17H23N3O2.ClH/c1-12-11-15(12)16(21)19-14-5-3-13(4-6-14)17(22)20-9-2-7-18-8-10-20;/h3-6,12,15,18H,2,7-11H2,1H3,(H,19,21);1H. The van der Waals surface area contributed by atoms with E-state index in [1.54, 1.807) is 12.1 Å². The van der Waals surface area contributed by atoms with Gasteiger partial charge in [-0.25, -0.2) is 0 Å². The van der Waals surface area contributed by atoms with Gasteiger partial charge in [0.25, 0.3) is 5.91 Å². The predicted molar refractivity (Wildman–Crippen MR) is 93.0 cm³/mol. The Bertz CT molecular complexity index is 553. The molecule has 0 spiro atoms. The zero-order valence-electron chi connectivity index (χ0n) is 13.4. The molecule has 1 heterocycles. The molecular formula is C17H24ClN3O2. The van der Waals surface area contributed by atoms with Crippen LogP contribution >= 0.6 is 12.4 Å². The lowest BCUT2D eigenvalue weighted by Gasteiger charge is -2.20. The molecule has 6 heteroatoms. The Balaban J connectivity index is 0.00000192. The van der Waals surface area contributed by atoms with Gasteiger partial charge in [-0.1, -0.05) is 6.92 Å². The summed E-state index contributed by atoms with van der Waals surface area (Å²) in [4.78, 5) is 26.2. The Labute approximate surface area is 143 Å². The van der Waals surface area contributed by atoms with Crippen molar-refractivity contribution in [2.24, 2.45) is 11.8 Å². The summed E-state index contributed by atoms with van der Waals surface area (Å²) in [7, 11) is 0. The summed E-state index contributed by atoms with van der Waals surface area (Å²) < 4.78 is 0. The lowest BCUT2D eigenvalue weighted by atomic mass is 10.1. The van der Waals surface area contributed by atoms with Crippen LogP contribution in [0.3, 0.4) is 0 Å². The first kappa shape index (κ1) is 17.8. The molecule has 1 aliphatic carbocycles. The van der Waals surface area contributed by atoms with Crippen LogP contribution in [0.4, 0.5) is 5.69 Å². The van der Waals surface area contributed by atoms with E-state index in [1.807, 2.05) is 17.0 Å². The van der Waals surface area contributed by atoms with Crippen LogP contribution in [0.15, 0.2) is 24.3 Å². The predicted octanol–water partition coefficient (Wildman–Crippen LogP) is 2.14. The van der Waals surface area contributed by atoms with Crippen LogP contribution in [-0.4, -0.2) is 42.9 Å². The molecule has 2 fully saturated rings. The molecular weight excluding hydrogens is 314 g/mol. The van der Waals surface area contributed by atoms with Crippen LogP contribution in [0.1, 0.15) is 30.1 Å². The quantitative estimate of drug-likeness (QED) is 0.888. The maximum absolute atomic E-state index is 12.5. The molecule has 2 N–H and O–H groups in total. The first-order valence-corrected chi connectivity index (χ1v) is 8.06. The van der Waals surface area contributed by atoms with Crippen molar-refractivity contribution in [2.45, 2.75) is 19.8 Å². The third-order valence-corrected chi connectivity index (χ3v) is 4.47. The molecule has 1 saturated heterocycles.